The number of aryl methyl sites for hydroxylation is 2. The number of aliphatic imine (C=N–C) groups is 1. The third-order valence-electron chi connectivity index (χ3n) is 4.44. The highest BCUT2D eigenvalue weighted by atomic mass is 79.9. The second-order valence-corrected chi connectivity index (χ2v) is 8.70. The van der Waals surface area contributed by atoms with Crippen LogP contribution in [0, 0.1) is 13.8 Å². The van der Waals surface area contributed by atoms with Gasteiger partial charge in [0, 0.05) is 4.47 Å². The quantitative estimate of drug-likeness (QED) is 0.414. The van der Waals surface area contributed by atoms with Crippen LogP contribution in [0.2, 0.25) is 0 Å². The number of nitrogens with zero attached hydrogens (tertiary/aromatic N) is 1. The van der Waals surface area contributed by atoms with Gasteiger partial charge in [-0.2, -0.15) is 0 Å². The molecule has 2 aromatic carbocycles. The smallest absolute Gasteiger partial charge is 0.344 e. The van der Waals surface area contributed by atoms with Crippen molar-refractivity contribution in [1.82, 2.24) is 5.32 Å². The number of nitrogens with one attached hydrogen (secondary N) is 1. The Balaban J connectivity index is 1.76. The van der Waals surface area contributed by atoms with E-state index >= 15 is 0 Å². The lowest BCUT2D eigenvalue weighted by Gasteiger charge is -2.11. The van der Waals surface area contributed by atoms with Gasteiger partial charge in [0.1, 0.15) is 0 Å². The van der Waals surface area contributed by atoms with E-state index in [1.165, 1.54) is 18.9 Å². The van der Waals surface area contributed by atoms with Crippen LogP contribution in [0.1, 0.15) is 23.6 Å². The van der Waals surface area contributed by atoms with Crippen LogP contribution in [0.4, 0.5) is 5.69 Å². The maximum Gasteiger partial charge on any atom is 0.344 e. The molecule has 0 atom stereocenters. The van der Waals surface area contributed by atoms with Crippen LogP contribution in [-0.4, -0.2) is 37.4 Å². The molecule has 32 heavy (non-hydrogen) atoms. The van der Waals surface area contributed by atoms with Gasteiger partial charge in [0.2, 0.25) is 0 Å². The third kappa shape index (κ3) is 5.92. The van der Waals surface area contributed by atoms with Gasteiger partial charge in [-0.05, 0) is 79.6 Å². The molecule has 2 aromatic rings. The molecule has 1 heterocycles. The molecule has 1 amide bonds. The van der Waals surface area contributed by atoms with E-state index in [0.717, 1.165) is 26.9 Å². The van der Waals surface area contributed by atoms with Gasteiger partial charge in [0.05, 0.1) is 24.3 Å². The Morgan fingerprint density at radius 1 is 1.19 bits per heavy atom. The number of amidine groups is 1. The Labute approximate surface area is 199 Å². The number of amides is 1. The summed E-state index contributed by atoms with van der Waals surface area (Å²) in [5.41, 5.74) is 3.68. The van der Waals surface area contributed by atoms with Crippen LogP contribution < -0.4 is 14.8 Å². The molecule has 0 aromatic heterocycles. The topological polar surface area (TPSA) is 86.2 Å². The van der Waals surface area contributed by atoms with Crippen molar-refractivity contribution in [3.05, 3.63) is 56.4 Å². The summed E-state index contributed by atoms with van der Waals surface area (Å²) < 4.78 is 16.7. The molecule has 1 aliphatic heterocycles. The van der Waals surface area contributed by atoms with Crippen molar-refractivity contribution < 1.29 is 23.8 Å². The monoisotopic (exact) mass is 518 g/mol. The first-order valence-corrected chi connectivity index (χ1v) is 11.4. The SMILES string of the molecule is CCOC(=O)COc1ccc(/C=C2\SC(=Nc3cc(C)c(Br)c(C)c3)NC2=O)cc1OC. The van der Waals surface area contributed by atoms with Crippen molar-refractivity contribution in [3.8, 4) is 11.5 Å². The van der Waals surface area contributed by atoms with E-state index in [9.17, 15) is 9.59 Å². The molecule has 0 aliphatic carbocycles. The summed E-state index contributed by atoms with van der Waals surface area (Å²) >= 11 is 4.82. The van der Waals surface area contributed by atoms with Gasteiger partial charge in [0.25, 0.3) is 5.91 Å². The van der Waals surface area contributed by atoms with E-state index in [4.69, 9.17) is 14.2 Å². The number of thioether (sulfide) groups is 1. The maximum atomic E-state index is 12.4. The van der Waals surface area contributed by atoms with Crippen molar-refractivity contribution in [2.75, 3.05) is 20.3 Å². The zero-order valence-electron chi connectivity index (χ0n) is 18.2. The van der Waals surface area contributed by atoms with Crippen molar-refractivity contribution >= 4 is 56.5 Å². The summed E-state index contributed by atoms with van der Waals surface area (Å²) in [5, 5.41) is 3.31. The van der Waals surface area contributed by atoms with Gasteiger partial charge in [0.15, 0.2) is 23.3 Å². The molecular weight excluding hydrogens is 496 g/mol. The van der Waals surface area contributed by atoms with Crippen LogP contribution in [0.25, 0.3) is 6.08 Å². The maximum absolute atomic E-state index is 12.4. The Kier molecular flexibility index (Phi) is 7.98. The lowest BCUT2D eigenvalue weighted by molar-refractivity contribution is -0.145. The molecule has 0 radical (unpaired) electrons. The standard InChI is InChI=1S/C23H23BrN2O5S/c1-5-30-20(27)12-31-17-7-6-15(10-18(17)29-4)11-19-22(28)26-23(32-19)25-16-8-13(2)21(24)14(3)9-16/h6-11H,5,12H2,1-4H3,(H,25,26,28)/b19-11-. The predicted molar refractivity (Wildman–Crippen MR) is 130 cm³/mol. The number of methoxy groups -OCH3 is 1. The van der Waals surface area contributed by atoms with E-state index in [2.05, 4.69) is 26.2 Å². The fourth-order valence-corrected chi connectivity index (χ4v) is 4.04. The lowest BCUT2D eigenvalue weighted by Crippen LogP contribution is -2.19. The van der Waals surface area contributed by atoms with Crippen LogP contribution in [0.3, 0.4) is 0 Å². The second-order valence-electron chi connectivity index (χ2n) is 6.88. The number of ether oxygens (including phenoxy) is 3. The van der Waals surface area contributed by atoms with Gasteiger partial charge >= 0.3 is 5.97 Å². The number of carbonyl (C=O) groups is 2. The molecule has 1 saturated heterocycles. The number of hydrogen-bond acceptors (Lipinski definition) is 7. The molecule has 0 saturated carbocycles. The predicted octanol–water partition coefficient (Wildman–Crippen LogP) is 4.91. The molecule has 1 fully saturated rings. The van der Waals surface area contributed by atoms with Gasteiger partial charge in [-0.25, -0.2) is 9.79 Å². The molecule has 1 aliphatic rings. The van der Waals surface area contributed by atoms with Crippen molar-refractivity contribution in [1.29, 1.82) is 0 Å². The largest absolute Gasteiger partial charge is 0.493 e. The first-order chi connectivity index (χ1) is 15.3. The van der Waals surface area contributed by atoms with E-state index < -0.39 is 5.97 Å². The normalized spacial score (nSPS) is 15.7. The van der Waals surface area contributed by atoms with E-state index in [1.807, 2.05) is 26.0 Å². The van der Waals surface area contributed by atoms with Crippen molar-refractivity contribution in [2.24, 2.45) is 4.99 Å². The highest BCUT2D eigenvalue weighted by Crippen LogP contribution is 2.33. The Morgan fingerprint density at radius 3 is 2.56 bits per heavy atom. The van der Waals surface area contributed by atoms with E-state index in [-0.39, 0.29) is 19.1 Å². The molecular formula is C23H23BrN2O5S. The van der Waals surface area contributed by atoms with Crippen molar-refractivity contribution in [3.63, 3.8) is 0 Å². The van der Waals surface area contributed by atoms with Crippen LogP contribution in [-0.2, 0) is 14.3 Å². The Morgan fingerprint density at radius 2 is 1.91 bits per heavy atom. The fraction of sp³-hybridized carbons (Fsp3) is 0.261. The zero-order chi connectivity index (χ0) is 23.3. The van der Waals surface area contributed by atoms with E-state index in [0.29, 0.717) is 21.6 Å². The summed E-state index contributed by atoms with van der Waals surface area (Å²) in [7, 11) is 1.51. The third-order valence-corrected chi connectivity index (χ3v) is 6.60. The molecule has 0 bridgehead atoms. The summed E-state index contributed by atoms with van der Waals surface area (Å²) in [5.74, 6) is 0.180. The molecule has 1 N–H and O–H groups in total. The number of halogens is 1. The zero-order valence-corrected chi connectivity index (χ0v) is 20.6. The summed E-state index contributed by atoms with van der Waals surface area (Å²) in [6.45, 7) is 5.81. The lowest BCUT2D eigenvalue weighted by atomic mass is 10.1. The Bertz CT molecular complexity index is 1090. The summed E-state index contributed by atoms with van der Waals surface area (Å²) in [6.07, 6.45) is 1.75. The fourth-order valence-electron chi connectivity index (χ4n) is 2.97. The summed E-state index contributed by atoms with van der Waals surface area (Å²) in [4.78, 5) is 29.0. The van der Waals surface area contributed by atoms with Gasteiger partial charge in [-0.3, -0.25) is 4.79 Å². The average Bonchev–Trinajstić information content (AvgIpc) is 3.09. The van der Waals surface area contributed by atoms with Gasteiger partial charge in [-0.1, -0.05) is 22.0 Å². The minimum atomic E-state index is -0.456. The number of rotatable bonds is 7. The molecule has 7 nitrogen and oxygen atoms in total. The van der Waals surface area contributed by atoms with Gasteiger partial charge < -0.3 is 19.5 Å². The molecule has 3 rings (SSSR count). The number of benzene rings is 2. The van der Waals surface area contributed by atoms with Crippen LogP contribution >= 0.6 is 27.7 Å². The van der Waals surface area contributed by atoms with Crippen molar-refractivity contribution in [2.45, 2.75) is 20.8 Å². The van der Waals surface area contributed by atoms with Gasteiger partial charge in [-0.15, -0.1) is 0 Å². The molecule has 168 valence electrons. The minimum Gasteiger partial charge on any atom is -0.493 e. The highest BCUT2D eigenvalue weighted by Gasteiger charge is 2.24. The minimum absolute atomic E-state index is 0.211. The first kappa shape index (κ1) is 23.9. The first-order valence-electron chi connectivity index (χ1n) is 9.83. The number of esters is 1. The highest BCUT2D eigenvalue weighted by molar-refractivity contribution is 9.10. The number of hydrogen-bond donors (Lipinski definition) is 1. The average molecular weight is 519 g/mol. The van der Waals surface area contributed by atoms with E-state index in [1.54, 1.807) is 31.2 Å². The summed E-state index contributed by atoms with van der Waals surface area (Å²) in [6, 6.07) is 9.11. The van der Waals surface area contributed by atoms with Crippen LogP contribution in [0.15, 0.2) is 44.7 Å². The Hall–Kier alpha value is -2.78. The molecule has 9 heteroatoms. The molecule has 0 spiro atoms. The van der Waals surface area contributed by atoms with Crippen LogP contribution in [0.5, 0.6) is 11.5 Å². The number of carbonyl (C=O) groups excluding carboxylic acids is 2. The molecule has 0 unspecified atom stereocenters. The second kappa shape index (κ2) is 10.7.